The summed E-state index contributed by atoms with van der Waals surface area (Å²) in [6, 6.07) is 0. The third kappa shape index (κ3) is 4.79. The third-order valence-electron chi connectivity index (χ3n) is 12.1. The number of rotatable bonds is 7. The predicted octanol–water partition coefficient (Wildman–Crippen LogP) is 8.08. The van der Waals surface area contributed by atoms with E-state index in [1.807, 2.05) is 0 Å². The lowest BCUT2D eigenvalue weighted by atomic mass is 9.50. The minimum absolute atomic E-state index is 0.0232. The summed E-state index contributed by atoms with van der Waals surface area (Å²) < 4.78 is 12.3. The van der Waals surface area contributed by atoms with E-state index < -0.39 is 0 Å². The first-order valence-corrected chi connectivity index (χ1v) is 15.5. The minimum Gasteiger partial charge on any atom is -0.393 e. The molecule has 36 heavy (non-hydrogen) atoms. The fourth-order valence-corrected chi connectivity index (χ4v) is 9.16. The first kappa shape index (κ1) is 26.9. The van der Waals surface area contributed by atoms with Gasteiger partial charge in [-0.05, 0) is 117 Å². The first-order chi connectivity index (χ1) is 17.1. The molecule has 0 aromatic carbocycles. The van der Waals surface area contributed by atoms with Crippen molar-refractivity contribution in [2.24, 2.45) is 46.3 Å². The Morgan fingerprint density at radius 3 is 2.50 bits per heavy atom. The van der Waals surface area contributed by atoms with Crippen LogP contribution in [-0.4, -0.2) is 30.2 Å². The van der Waals surface area contributed by atoms with E-state index in [1.165, 1.54) is 51.4 Å². The van der Waals surface area contributed by atoms with Crippen LogP contribution in [0.25, 0.3) is 0 Å². The molecule has 3 saturated carbocycles. The zero-order chi connectivity index (χ0) is 25.7. The van der Waals surface area contributed by atoms with Crippen LogP contribution in [0.15, 0.2) is 23.3 Å². The Morgan fingerprint density at radius 2 is 1.78 bits per heavy atom. The topological polar surface area (TPSA) is 38.7 Å². The maximum Gasteiger partial charge on any atom is 0.157 e. The van der Waals surface area contributed by atoms with Crippen molar-refractivity contribution in [1.82, 2.24) is 0 Å². The zero-order valence-electron chi connectivity index (χ0n) is 24.1. The summed E-state index contributed by atoms with van der Waals surface area (Å²) >= 11 is 0. The number of ether oxygens (including phenoxy) is 2. The normalized spacial score (nSPS) is 43.1. The molecule has 1 aliphatic heterocycles. The van der Waals surface area contributed by atoms with Crippen LogP contribution in [-0.2, 0) is 9.47 Å². The molecule has 5 aliphatic rings. The molecule has 5 rings (SSSR count). The van der Waals surface area contributed by atoms with Crippen LogP contribution in [0.5, 0.6) is 0 Å². The second-order valence-corrected chi connectivity index (χ2v) is 14.3. The van der Waals surface area contributed by atoms with Crippen LogP contribution >= 0.6 is 0 Å². The summed E-state index contributed by atoms with van der Waals surface area (Å²) in [5, 5.41) is 11.2. The van der Waals surface area contributed by atoms with Gasteiger partial charge in [-0.25, -0.2) is 0 Å². The van der Waals surface area contributed by atoms with E-state index in [0.717, 1.165) is 25.9 Å². The van der Waals surface area contributed by atoms with Crippen LogP contribution in [0.4, 0.5) is 0 Å². The number of fused-ring (bicyclic) bond motifs is 5. The minimum atomic E-state index is -0.173. The summed E-state index contributed by atoms with van der Waals surface area (Å²) in [6.45, 7) is 15.3. The Kier molecular flexibility index (Phi) is 7.86. The van der Waals surface area contributed by atoms with Crippen molar-refractivity contribution in [3.05, 3.63) is 23.3 Å². The highest BCUT2D eigenvalue weighted by atomic mass is 16.7. The van der Waals surface area contributed by atoms with Crippen LogP contribution < -0.4 is 0 Å². The van der Waals surface area contributed by atoms with Gasteiger partial charge >= 0.3 is 0 Å². The lowest BCUT2D eigenvalue weighted by Gasteiger charge is -2.55. The summed E-state index contributed by atoms with van der Waals surface area (Å²) in [6.07, 6.45) is 18.4. The van der Waals surface area contributed by atoms with E-state index in [0.29, 0.717) is 52.4 Å². The second-order valence-electron chi connectivity index (χ2n) is 14.3. The van der Waals surface area contributed by atoms with Gasteiger partial charge in [-0.2, -0.15) is 0 Å². The number of hydrogen-bond acceptors (Lipinski definition) is 3. The lowest BCUT2D eigenvalue weighted by Crippen LogP contribution is -2.47. The van der Waals surface area contributed by atoms with Gasteiger partial charge in [0.25, 0.3) is 0 Å². The Labute approximate surface area is 221 Å². The number of aliphatic hydroxyl groups is 1. The molecule has 204 valence electrons. The van der Waals surface area contributed by atoms with Gasteiger partial charge in [0.1, 0.15) is 0 Å². The molecule has 2 unspecified atom stereocenters. The molecule has 0 aromatic heterocycles. The predicted molar refractivity (Wildman–Crippen MR) is 147 cm³/mol. The molecule has 0 bridgehead atoms. The maximum atomic E-state index is 11.2. The number of allylic oxidation sites excluding steroid dienone is 3. The van der Waals surface area contributed by atoms with Crippen molar-refractivity contribution >= 4 is 0 Å². The Morgan fingerprint density at radius 1 is 0.972 bits per heavy atom. The summed E-state index contributed by atoms with van der Waals surface area (Å²) in [4.78, 5) is 0. The molecule has 1 heterocycles. The van der Waals surface area contributed by atoms with Crippen molar-refractivity contribution < 1.29 is 14.6 Å². The van der Waals surface area contributed by atoms with Crippen molar-refractivity contribution in [2.45, 2.75) is 131 Å². The molecule has 10 atom stereocenters. The fraction of sp³-hybridized carbons (Fsp3) is 0.879. The van der Waals surface area contributed by atoms with Gasteiger partial charge in [0.15, 0.2) is 6.29 Å². The van der Waals surface area contributed by atoms with E-state index >= 15 is 0 Å². The number of hydrogen-bond donors (Lipinski definition) is 1. The fourth-order valence-electron chi connectivity index (χ4n) is 9.16. The largest absolute Gasteiger partial charge is 0.393 e. The SMILES string of the molecule is CC(C)C(C)C[C@@H](O)[C@@H](C)[C@H]1CC[C@H]2C3=CC=C4C[C@@H](OC5CCCCO5)CC[C@]4(C)[C@H]3CC[C@]12C. The molecule has 4 aliphatic carbocycles. The van der Waals surface area contributed by atoms with E-state index in [9.17, 15) is 5.11 Å². The van der Waals surface area contributed by atoms with Crippen LogP contribution in [0, 0.1) is 46.3 Å². The summed E-state index contributed by atoms with van der Waals surface area (Å²) in [7, 11) is 0. The second kappa shape index (κ2) is 10.5. The van der Waals surface area contributed by atoms with Gasteiger partial charge in [-0.1, -0.05) is 64.8 Å². The zero-order valence-corrected chi connectivity index (χ0v) is 24.1. The van der Waals surface area contributed by atoms with E-state index in [2.05, 4.69) is 53.7 Å². The molecule has 0 spiro atoms. The van der Waals surface area contributed by atoms with Gasteiger partial charge in [-0.15, -0.1) is 0 Å². The van der Waals surface area contributed by atoms with E-state index in [4.69, 9.17) is 9.47 Å². The Hall–Kier alpha value is -0.640. The van der Waals surface area contributed by atoms with Gasteiger partial charge in [0.05, 0.1) is 12.2 Å². The maximum absolute atomic E-state index is 11.2. The Balaban J connectivity index is 1.29. The highest BCUT2D eigenvalue weighted by Crippen LogP contribution is 2.66. The average Bonchev–Trinajstić information content (AvgIpc) is 3.21. The molecule has 1 saturated heterocycles. The third-order valence-corrected chi connectivity index (χ3v) is 12.1. The molecular weight excluding hydrogens is 444 g/mol. The van der Waals surface area contributed by atoms with Gasteiger partial charge in [0, 0.05) is 6.61 Å². The van der Waals surface area contributed by atoms with E-state index in [1.54, 1.807) is 11.1 Å². The van der Waals surface area contributed by atoms with Crippen LogP contribution in [0.3, 0.4) is 0 Å². The smallest absolute Gasteiger partial charge is 0.157 e. The summed E-state index contributed by atoms with van der Waals surface area (Å²) in [5.41, 5.74) is 4.02. The van der Waals surface area contributed by atoms with Gasteiger partial charge in [-0.3, -0.25) is 0 Å². The monoisotopic (exact) mass is 498 g/mol. The molecule has 4 fully saturated rings. The standard InChI is InChI=1S/C33H54O3/c1-21(2)22(3)19-30(34)23(4)27-12-13-28-26-11-10-24-20-25(36-31-9-7-8-18-35-31)14-16-32(24,5)29(26)15-17-33(27,28)6/h10-11,21-23,25,27-31,34H,7-9,12-20H2,1-6H3/t22?,23-,25-,27+,28-,29-,30+,31?,32-,33+/m0/s1. The summed E-state index contributed by atoms with van der Waals surface area (Å²) in [5.74, 6) is 3.63. The highest BCUT2D eigenvalue weighted by Gasteiger charge is 2.57. The van der Waals surface area contributed by atoms with Crippen molar-refractivity contribution in [3.63, 3.8) is 0 Å². The number of aliphatic hydroxyl groups excluding tert-OH is 1. The highest BCUT2D eigenvalue weighted by molar-refractivity contribution is 5.39. The lowest BCUT2D eigenvalue weighted by molar-refractivity contribution is -0.193. The molecule has 0 amide bonds. The molecule has 1 N–H and O–H groups in total. The van der Waals surface area contributed by atoms with Crippen molar-refractivity contribution in [1.29, 1.82) is 0 Å². The van der Waals surface area contributed by atoms with Gasteiger partial charge < -0.3 is 14.6 Å². The average molecular weight is 499 g/mol. The molecule has 3 nitrogen and oxygen atoms in total. The van der Waals surface area contributed by atoms with E-state index in [-0.39, 0.29) is 12.4 Å². The van der Waals surface area contributed by atoms with Gasteiger partial charge in [0.2, 0.25) is 0 Å². The van der Waals surface area contributed by atoms with Crippen molar-refractivity contribution in [3.8, 4) is 0 Å². The molecule has 0 radical (unpaired) electrons. The van der Waals surface area contributed by atoms with Crippen LogP contribution in [0.2, 0.25) is 0 Å². The Bertz CT molecular complexity index is 838. The first-order valence-electron chi connectivity index (χ1n) is 15.5. The van der Waals surface area contributed by atoms with Crippen LogP contribution in [0.1, 0.15) is 112 Å². The molecule has 0 aromatic rings. The van der Waals surface area contributed by atoms with Crippen molar-refractivity contribution in [2.75, 3.05) is 6.61 Å². The molecule has 3 heteroatoms. The molecular formula is C33H54O3. The quantitative estimate of drug-likeness (QED) is 0.385.